The molecule has 124 valence electrons. The summed E-state index contributed by atoms with van der Waals surface area (Å²) in [5.74, 6) is 0.793. The van der Waals surface area contributed by atoms with Crippen LogP contribution < -0.4 is 15.4 Å². The molecule has 0 fully saturated rings. The minimum Gasteiger partial charge on any atom is -0.496 e. The molecule has 6 heteroatoms. The van der Waals surface area contributed by atoms with Crippen molar-refractivity contribution >= 4 is 5.69 Å². The van der Waals surface area contributed by atoms with E-state index in [2.05, 4.69) is 20.8 Å². The van der Waals surface area contributed by atoms with Gasteiger partial charge in [-0.25, -0.2) is 0 Å². The van der Waals surface area contributed by atoms with Gasteiger partial charge in [0.25, 0.3) is 0 Å². The maximum Gasteiger partial charge on any atom is 0.181 e. The number of anilines is 1. The summed E-state index contributed by atoms with van der Waals surface area (Å²) in [7, 11) is 1.63. The number of para-hydroxylation sites is 1. The van der Waals surface area contributed by atoms with Gasteiger partial charge in [-0.3, -0.25) is 10.4 Å². The summed E-state index contributed by atoms with van der Waals surface area (Å²) in [6.45, 7) is 0.491. The molecule has 0 aliphatic rings. The molecule has 3 aromatic rings. The Morgan fingerprint density at radius 2 is 1.92 bits per heavy atom. The molecule has 24 heavy (non-hydrogen) atoms. The first kappa shape index (κ1) is 16.0. The summed E-state index contributed by atoms with van der Waals surface area (Å²) < 4.78 is 5.29. The Bertz CT molecular complexity index is 757. The zero-order chi connectivity index (χ0) is 16.8. The largest absolute Gasteiger partial charge is 0.496 e. The highest BCUT2D eigenvalue weighted by Crippen LogP contribution is 2.20. The SMILES string of the molecule is COc1ccccc1CNC(O)Nc1ccc(-c2cn[nH]c2)cc1. The fourth-order valence-corrected chi connectivity index (χ4v) is 2.43. The lowest BCUT2D eigenvalue weighted by Gasteiger charge is -2.17. The predicted molar refractivity (Wildman–Crippen MR) is 93.5 cm³/mol. The van der Waals surface area contributed by atoms with Gasteiger partial charge in [-0.15, -0.1) is 0 Å². The molecule has 1 aromatic heterocycles. The zero-order valence-electron chi connectivity index (χ0n) is 13.4. The molecule has 0 radical (unpaired) electrons. The second kappa shape index (κ2) is 7.63. The van der Waals surface area contributed by atoms with Crippen LogP contribution >= 0.6 is 0 Å². The van der Waals surface area contributed by atoms with Crippen LogP contribution in [0.15, 0.2) is 60.9 Å². The molecule has 0 saturated carbocycles. The van der Waals surface area contributed by atoms with E-state index in [1.807, 2.05) is 54.7 Å². The fraction of sp³-hybridized carbons (Fsp3) is 0.167. The number of nitrogens with one attached hydrogen (secondary N) is 3. The highest BCUT2D eigenvalue weighted by Gasteiger charge is 2.06. The van der Waals surface area contributed by atoms with E-state index in [0.29, 0.717) is 6.54 Å². The maximum atomic E-state index is 10.1. The van der Waals surface area contributed by atoms with Gasteiger partial charge < -0.3 is 15.2 Å². The fourth-order valence-electron chi connectivity index (χ4n) is 2.43. The van der Waals surface area contributed by atoms with Crippen molar-refractivity contribution < 1.29 is 9.84 Å². The number of nitrogens with zero attached hydrogens (tertiary/aromatic N) is 1. The molecule has 0 bridgehead atoms. The molecule has 6 nitrogen and oxygen atoms in total. The zero-order valence-corrected chi connectivity index (χ0v) is 13.4. The molecule has 4 N–H and O–H groups in total. The minimum atomic E-state index is -0.866. The number of aliphatic hydroxyl groups excluding tert-OH is 1. The standard InChI is InChI=1S/C18H20N4O2/c1-24-17-5-3-2-4-14(17)10-19-18(23)22-16-8-6-13(7-9-16)15-11-20-21-12-15/h2-9,11-12,18-19,22-23H,10H2,1H3,(H,20,21). The van der Waals surface area contributed by atoms with Gasteiger partial charge in [0.2, 0.25) is 0 Å². The van der Waals surface area contributed by atoms with E-state index in [-0.39, 0.29) is 0 Å². The molecular weight excluding hydrogens is 304 g/mol. The number of H-pyrrole nitrogens is 1. The molecular formula is C18H20N4O2. The number of hydrogen-bond donors (Lipinski definition) is 4. The highest BCUT2D eigenvalue weighted by atomic mass is 16.5. The Balaban J connectivity index is 1.56. The molecule has 0 aliphatic heterocycles. The van der Waals surface area contributed by atoms with Gasteiger partial charge in [-0.2, -0.15) is 5.10 Å². The topological polar surface area (TPSA) is 82.2 Å². The van der Waals surface area contributed by atoms with Crippen LogP contribution in [0.1, 0.15) is 5.56 Å². The van der Waals surface area contributed by atoms with Gasteiger partial charge in [0.1, 0.15) is 5.75 Å². The van der Waals surface area contributed by atoms with Crippen molar-refractivity contribution in [3.05, 3.63) is 66.5 Å². The monoisotopic (exact) mass is 324 g/mol. The first-order valence-electron chi connectivity index (χ1n) is 7.65. The molecule has 0 spiro atoms. The van der Waals surface area contributed by atoms with Crippen molar-refractivity contribution in [3.8, 4) is 16.9 Å². The van der Waals surface area contributed by atoms with Gasteiger partial charge in [0, 0.05) is 29.6 Å². The van der Waals surface area contributed by atoms with E-state index in [9.17, 15) is 5.11 Å². The van der Waals surface area contributed by atoms with Crippen LogP contribution in [-0.2, 0) is 6.54 Å². The Kier molecular flexibility index (Phi) is 5.10. The summed E-state index contributed by atoms with van der Waals surface area (Å²) in [6, 6.07) is 15.5. The number of aliphatic hydroxyl groups is 1. The molecule has 0 aliphatic carbocycles. The van der Waals surface area contributed by atoms with E-state index in [1.54, 1.807) is 13.3 Å². The lowest BCUT2D eigenvalue weighted by Crippen LogP contribution is -2.35. The number of rotatable bonds is 7. The number of methoxy groups -OCH3 is 1. The van der Waals surface area contributed by atoms with Crippen molar-refractivity contribution in [2.75, 3.05) is 12.4 Å². The maximum absolute atomic E-state index is 10.1. The molecule has 1 unspecified atom stereocenters. The van der Waals surface area contributed by atoms with Crippen LogP contribution in [0, 0.1) is 0 Å². The van der Waals surface area contributed by atoms with Crippen molar-refractivity contribution in [3.63, 3.8) is 0 Å². The molecule has 0 saturated heterocycles. The Morgan fingerprint density at radius 1 is 1.12 bits per heavy atom. The van der Waals surface area contributed by atoms with Crippen LogP contribution in [0.2, 0.25) is 0 Å². The van der Waals surface area contributed by atoms with Crippen molar-refractivity contribution in [1.29, 1.82) is 0 Å². The number of hydrogen-bond acceptors (Lipinski definition) is 5. The number of ether oxygens (including phenoxy) is 1. The van der Waals surface area contributed by atoms with Gasteiger partial charge in [0.05, 0.1) is 13.3 Å². The van der Waals surface area contributed by atoms with Gasteiger partial charge in [-0.05, 0) is 23.8 Å². The molecule has 3 rings (SSSR count). The Hall–Kier alpha value is -2.83. The van der Waals surface area contributed by atoms with E-state index in [1.165, 1.54) is 0 Å². The second-order valence-electron chi connectivity index (χ2n) is 5.30. The molecule has 2 aromatic carbocycles. The lowest BCUT2D eigenvalue weighted by atomic mass is 10.1. The number of aromatic nitrogens is 2. The lowest BCUT2D eigenvalue weighted by molar-refractivity contribution is 0.163. The minimum absolute atomic E-state index is 0.491. The van der Waals surface area contributed by atoms with Gasteiger partial charge in [-0.1, -0.05) is 30.3 Å². The summed E-state index contributed by atoms with van der Waals surface area (Å²) in [6.07, 6.45) is 2.74. The van der Waals surface area contributed by atoms with Crippen LogP contribution in [0.4, 0.5) is 5.69 Å². The third kappa shape index (κ3) is 3.92. The average Bonchev–Trinajstić information content (AvgIpc) is 3.15. The average molecular weight is 324 g/mol. The molecule has 0 amide bonds. The van der Waals surface area contributed by atoms with E-state index in [0.717, 1.165) is 28.1 Å². The first-order valence-corrected chi connectivity index (χ1v) is 7.65. The van der Waals surface area contributed by atoms with E-state index < -0.39 is 6.35 Å². The summed E-state index contributed by atoms with van der Waals surface area (Å²) in [4.78, 5) is 0. The van der Waals surface area contributed by atoms with Crippen LogP contribution in [0.25, 0.3) is 11.1 Å². The van der Waals surface area contributed by atoms with Gasteiger partial charge in [0.15, 0.2) is 6.35 Å². The highest BCUT2D eigenvalue weighted by molar-refractivity contribution is 5.64. The predicted octanol–water partition coefficient (Wildman–Crippen LogP) is 2.56. The van der Waals surface area contributed by atoms with Crippen LogP contribution in [0.5, 0.6) is 5.75 Å². The molecule has 1 heterocycles. The summed E-state index contributed by atoms with van der Waals surface area (Å²) in [5.41, 5.74) is 3.89. The van der Waals surface area contributed by atoms with E-state index in [4.69, 9.17) is 4.74 Å². The second-order valence-corrected chi connectivity index (χ2v) is 5.30. The third-order valence-corrected chi connectivity index (χ3v) is 3.70. The number of aromatic amines is 1. The Morgan fingerprint density at radius 3 is 2.62 bits per heavy atom. The van der Waals surface area contributed by atoms with Crippen molar-refractivity contribution in [1.82, 2.24) is 15.5 Å². The normalized spacial score (nSPS) is 11.9. The van der Waals surface area contributed by atoms with Crippen LogP contribution in [0.3, 0.4) is 0 Å². The summed E-state index contributed by atoms with van der Waals surface area (Å²) in [5, 5.41) is 22.8. The van der Waals surface area contributed by atoms with Crippen molar-refractivity contribution in [2.45, 2.75) is 12.9 Å². The number of benzene rings is 2. The molecule has 1 atom stereocenters. The Labute approximate surface area is 140 Å². The quantitative estimate of drug-likeness (QED) is 0.502. The van der Waals surface area contributed by atoms with Gasteiger partial charge >= 0.3 is 0 Å². The van der Waals surface area contributed by atoms with E-state index >= 15 is 0 Å². The van der Waals surface area contributed by atoms with Crippen LogP contribution in [-0.4, -0.2) is 28.8 Å². The van der Waals surface area contributed by atoms with Crippen molar-refractivity contribution in [2.24, 2.45) is 0 Å². The third-order valence-electron chi connectivity index (χ3n) is 3.70. The summed E-state index contributed by atoms with van der Waals surface area (Å²) >= 11 is 0. The smallest absolute Gasteiger partial charge is 0.181 e. The first-order chi connectivity index (χ1) is 11.8.